The largest absolute Gasteiger partial charge is 0.351 e. The van der Waals surface area contributed by atoms with Gasteiger partial charge in [-0.05, 0) is 24.6 Å². The van der Waals surface area contributed by atoms with Gasteiger partial charge in [-0.1, -0.05) is 6.92 Å². The van der Waals surface area contributed by atoms with Gasteiger partial charge in [-0.2, -0.15) is 0 Å². The van der Waals surface area contributed by atoms with Crippen molar-refractivity contribution in [2.75, 3.05) is 6.54 Å². The van der Waals surface area contributed by atoms with Crippen LogP contribution in [0.4, 0.5) is 0 Å². The number of halogens is 1. The fourth-order valence-corrected chi connectivity index (χ4v) is 1.63. The van der Waals surface area contributed by atoms with E-state index in [0.717, 1.165) is 11.9 Å². The van der Waals surface area contributed by atoms with Crippen molar-refractivity contribution in [2.24, 2.45) is 0 Å². The Morgan fingerprint density at radius 2 is 2.06 bits per heavy atom. The van der Waals surface area contributed by atoms with Gasteiger partial charge in [-0.15, -0.1) is 11.6 Å². The van der Waals surface area contributed by atoms with Gasteiger partial charge >= 0.3 is 0 Å². The monoisotopic (exact) mass is 263 g/mol. The number of benzene rings is 1. The molecule has 1 unspecified atom stereocenters. The number of nitrogens with one attached hydrogen (secondary N) is 1. The molecule has 1 amide bonds. The van der Waals surface area contributed by atoms with E-state index in [-0.39, 0.29) is 11.3 Å². The minimum Gasteiger partial charge on any atom is -0.351 e. The van der Waals surface area contributed by atoms with Crippen LogP contribution < -0.4 is 5.32 Å². The minimum absolute atomic E-state index is 0.0331. The lowest BCUT2D eigenvalue weighted by Crippen LogP contribution is -2.29. The highest BCUT2D eigenvalue weighted by molar-refractivity contribution is 6.20. The summed E-state index contributed by atoms with van der Waals surface area (Å²) in [5.41, 5.74) is 2.06. The number of hydrogen-bond donors (Lipinski definition) is 1. The molecule has 0 fully saturated rings. The van der Waals surface area contributed by atoms with Crippen molar-refractivity contribution in [3.05, 3.63) is 36.2 Å². The Morgan fingerprint density at radius 1 is 1.33 bits per heavy atom. The summed E-state index contributed by atoms with van der Waals surface area (Å²) in [6.07, 6.45) is 4.06. The highest BCUT2D eigenvalue weighted by Crippen LogP contribution is 2.11. The number of hydrogen-bond acceptors (Lipinski definition) is 3. The van der Waals surface area contributed by atoms with E-state index in [1.54, 1.807) is 30.6 Å². The first-order chi connectivity index (χ1) is 8.70. The maximum absolute atomic E-state index is 11.9. The molecule has 1 N–H and O–H groups in total. The van der Waals surface area contributed by atoms with Gasteiger partial charge in [-0.3, -0.25) is 14.8 Å². The lowest BCUT2D eigenvalue weighted by Gasteiger charge is -2.08. The van der Waals surface area contributed by atoms with Crippen LogP contribution in [0, 0.1) is 0 Å². The van der Waals surface area contributed by atoms with Crippen LogP contribution in [0.25, 0.3) is 11.0 Å². The van der Waals surface area contributed by atoms with E-state index in [1.165, 1.54) is 0 Å². The van der Waals surface area contributed by atoms with Crippen molar-refractivity contribution < 1.29 is 4.79 Å². The normalized spacial score (nSPS) is 12.3. The molecule has 1 heterocycles. The summed E-state index contributed by atoms with van der Waals surface area (Å²) in [5.74, 6) is -0.137. The van der Waals surface area contributed by atoms with Gasteiger partial charge in [0.1, 0.15) is 0 Å². The third-order valence-corrected chi connectivity index (χ3v) is 3.12. The average Bonchev–Trinajstić information content (AvgIpc) is 2.43. The minimum atomic E-state index is -0.137. The molecular formula is C13H14ClN3O. The van der Waals surface area contributed by atoms with E-state index >= 15 is 0 Å². The molecule has 0 saturated heterocycles. The quantitative estimate of drug-likeness (QED) is 0.862. The second-order valence-electron chi connectivity index (χ2n) is 3.98. The first-order valence-corrected chi connectivity index (χ1v) is 6.27. The van der Waals surface area contributed by atoms with Gasteiger partial charge in [0.2, 0.25) is 0 Å². The molecule has 0 aliphatic carbocycles. The third-order valence-electron chi connectivity index (χ3n) is 2.66. The van der Waals surface area contributed by atoms with Gasteiger partial charge in [0.25, 0.3) is 5.91 Å². The maximum Gasteiger partial charge on any atom is 0.251 e. The second kappa shape index (κ2) is 5.78. The predicted octanol–water partition coefficient (Wildman–Crippen LogP) is 2.38. The highest BCUT2D eigenvalue weighted by Gasteiger charge is 2.08. The fourth-order valence-electron chi connectivity index (χ4n) is 1.55. The van der Waals surface area contributed by atoms with Crippen LogP contribution in [0.15, 0.2) is 30.6 Å². The standard InChI is InChI=1S/C13H14ClN3O/c1-2-10(14)8-17-13(18)9-3-4-11-12(7-9)16-6-5-15-11/h3-7,10H,2,8H2,1H3,(H,17,18). The molecule has 5 heteroatoms. The number of rotatable bonds is 4. The van der Waals surface area contributed by atoms with Crippen LogP contribution in [0.2, 0.25) is 0 Å². The van der Waals surface area contributed by atoms with Gasteiger partial charge in [-0.25, -0.2) is 0 Å². The van der Waals surface area contributed by atoms with Gasteiger partial charge in [0, 0.05) is 24.5 Å². The summed E-state index contributed by atoms with van der Waals surface area (Å²) in [7, 11) is 0. The Labute approximate surface area is 110 Å². The summed E-state index contributed by atoms with van der Waals surface area (Å²) >= 11 is 5.95. The van der Waals surface area contributed by atoms with Gasteiger partial charge < -0.3 is 5.32 Å². The summed E-state index contributed by atoms with van der Waals surface area (Å²) in [6.45, 7) is 2.45. The van der Waals surface area contributed by atoms with E-state index in [1.807, 2.05) is 6.92 Å². The predicted molar refractivity (Wildman–Crippen MR) is 71.8 cm³/mol. The van der Waals surface area contributed by atoms with Crippen LogP contribution >= 0.6 is 11.6 Å². The Bertz CT molecular complexity index is 559. The van der Waals surface area contributed by atoms with Gasteiger partial charge in [0.05, 0.1) is 16.4 Å². The SMILES string of the molecule is CCC(Cl)CNC(=O)c1ccc2nccnc2c1. The molecule has 1 atom stereocenters. The first-order valence-electron chi connectivity index (χ1n) is 5.83. The molecule has 2 aromatic rings. The lowest BCUT2D eigenvalue weighted by molar-refractivity contribution is 0.0953. The number of carbonyl (C=O) groups is 1. The molecule has 0 saturated carbocycles. The fraction of sp³-hybridized carbons (Fsp3) is 0.308. The van der Waals surface area contributed by atoms with Crippen molar-refractivity contribution in [2.45, 2.75) is 18.7 Å². The molecule has 2 rings (SSSR count). The first kappa shape index (κ1) is 12.8. The molecule has 0 aliphatic heterocycles. The molecule has 1 aromatic heterocycles. The molecule has 1 aromatic carbocycles. The molecule has 0 bridgehead atoms. The van der Waals surface area contributed by atoms with Crippen LogP contribution in [0.5, 0.6) is 0 Å². The third kappa shape index (κ3) is 2.96. The second-order valence-corrected chi connectivity index (χ2v) is 4.59. The van der Waals surface area contributed by atoms with E-state index in [4.69, 9.17) is 11.6 Å². The van der Waals surface area contributed by atoms with E-state index in [2.05, 4.69) is 15.3 Å². The zero-order valence-corrected chi connectivity index (χ0v) is 10.8. The molecule has 18 heavy (non-hydrogen) atoms. The molecule has 94 valence electrons. The van der Waals surface area contributed by atoms with E-state index in [9.17, 15) is 4.79 Å². The number of nitrogens with zero attached hydrogens (tertiary/aromatic N) is 2. The van der Waals surface area contributed by atoms with Gasteiger partial charge in [0.15, 0.2) is 0 Å². The Balaban J connectivity index is 2.13. The zero-order chi connectivity index (χ0) is 13.0. The van der Waals surface area contributed by atoms with Crippen molar-refractivity contribution in [1.82, 2.24) is 15.3 Å². The van der Waals surface area contributed by atoms with Crippen LogP contribution in [0.3, 0.4) is 0 Å². The van der Waals surface area contributed by atoms with Crippen molar-refractivity contribution >= 4 is 28.5 Å². The molecule has 0 aliphatic rings. The average molecular weight is 264 g/mol. The van der Waals surface area contributed by atoms with E-state index in [0.29, 0.717) is 17.6 Å². The number of fused-ring (bicyclic) bond motifs is 1. The number of alkyl halides is 1. The number of aromatic nitrogens is 2. The Kier molecular flexibility index (Phi) is 4.10. The topological polar surface area (TPSA) is 54.9 Å². The summed E-state index contributed by atoms with van der Waals surface area (Å²) in [6, 6.07) is 5.25. The van der Waals surface area contributed by atoms with Crippen LogP contribution in [0.1, 0.15) is 23.7 Å². The number of amides is 1. The van der Waals surface area contributed by atoms with Crippen molar-refractivity contribution in [3.63, 3.8) is 0 Å². The molecule has 0 radical (unpaired) electrons. The maximum atomic E-state index is 11.9. The Hall–Kier alpha value is -1.68. The number of carbonyl (C=O) groups excluding carboxylic acids is 1. The summed E-state index contributed by atoms with van der Waals surface area (Å²) in [4.78, 5) is 20.2. The van der Waals surface area contributed by atoms with Crippen LogP contribution in [-0.2, 0) is 0 Å². The molecule has 4 nitrogen and oxygen atoms in total. The lowest BCUT2D eigenvalue weighted by atomic mass is 10.2. The Morgan fingerprint density at radius 3 is 2.78 bits per heavy atom. The smallest absolute Gasteiger partial charge is 0.251 e. The summed E-state index contributed by atoms with van der Waals surface area (Å²) < 4.78 is 0. The highest BCUT2D eigenvalue weighted by atomic mass is 35.5. The molecule has 0 spiro atoms. The van der Waals surface area contributed by atoms with E-state index < -0.39 is 0 Å². The summed E-state index contributed by atoms with van der Waals surface area (Å²) in [5, 5.41) is 2.76. The molecular weight excluding hydrogens is 250 g/mol. The zero-order valence-electron chi connectivity index (χ0n) is 10.1. The van der Waals surface area contributed by atoms with Crippen LogP contribution in [-0.4, -0.2) is 27.8 Å². The van der Waals surface area contributed by atoms with Crippen molar-refractivity contribution in [3.8, 4) is 0 Å². The van der Waals surface area contributed by atoms with Crippen molar-refractivity contribution in [1.29, 1.82) is 0 Å².